The van der Waals surface area contributed by atoms with Crippen molar-refractivity contribution >= 4 is 81.9 Å². The molecule has 0 aliphatic carbocycles. The molecule has 0 amide bonds. The van der Waals surface area contributed by atoms with Gasteiger partial charge in [0.05, 0.1) is 11.1 Å². The van der Waals surface area contributed by atoms with Crippen molar-refractivity contribution in [1.29, 1.82) is 0 Å². The predicted molar refractivity (Wildman–Crippen MR) is 228 cm³/mol. The summed E-state index contributed by atoms with van der Waals surface area (Å²) in [6.45, 7) is 6.08. The van der Waals surface area contributed by atoms with Crippen LogP contribution in [0.15, 0.2) is 205 Å². The lowest BCUT2D eigenvalue weighted by Crippen LogP contribution is -2.15. The molecule has 0 unspecified atom stereocenters. The van der Waals surface area contributed by atoms with Gasteiger partial charge in [0, 0.05) is 54.0 Å². The second-order valence-corrected chi connectivity index (χ2v) is 14.0. The Hall–Kier alpha value is -6.62. The van der Waals surface area contributed by atoms with E-state index in [2.05, 4.69) is 186 Å². The highest BCUT2D eigenvalue weighted by Gasteiger charge is 2.22. The molecule has 0 saturated carbocycles. The summed E-state index contributed by atoms with van der Waals surface area (Å²) in [5.74, 6) is 0. The summed E-state index contributed by atoms with van der Waals surface area (Å²) in [6.07, 6.45) is 8.06. The number of rotatable bonds is 9. The predicted octanol–water partition coefficient (Wildman–Crippen LogP) is 14.9. The minimum atomic E-state index is 0.832. The van der Waals surface area contributed by atoms with E-state index in [9.17, 15) is 0 Å². The van der Waals surface area contributed by atoms with E-state index in [0.717, 1.165) is 56.1 Å². The number of anilines is 5. The van der Waals surface area contributed by atoms with Crippen molar-refractivity contribution in [3.05, 3.63) is 200 Å². The average molecular weight is 701 g/mol. The number of thiophene rings is 1. The zero-order valence-electron chi connectivity index (χ0n) is 29.3. The highest BCUT2D eigenvalue weighted by molar-refractivity contribution is 7.25. The van der Waals surface area contributed by atoms with E-state index in [0.29, 0.717) is 0 Å². The Morgan fingerprint density at radius 3 is 2.00 bits per heavy atom. The van der Waals surface area contributed by atoms with E-state index in [1.54, 1.807) is 0 Å². The maximum Gasteiger partial charge on any atom is 0.137 e. The Balaban J connectivity index is 1.26. The SMILES string of the molecule is C=C/C=C(\C=C/C)N(c1ccccc1)c1cccc2oc3ccc(N(c4ccc(-c5ccccc5)cc4)c4ccc5sc6ccccc6c5c4)cc3c12. The van der Waals surface area contributed by atoms with E-state index < -0.39 is 0 Å². The van der Waals surface area contributed by atoms with Crippen molar-refractivity contribution in [1.82, 2.24) is 0 Å². The van der Waals surface area contributed by atoms with Crippen LogP contribution in [0.2, 0.25) is 0 Å². The molecule has 0 bridgehead atoms. The maximum absolute atomic E-state index is 6.58. The molecule has 9 aromatic rings. The van der Waals surface area contributed by atoms with Crippen molar-refractivity contribution in [2.45, 2.75) is 6.92 Å². The third-order valence-corrected chi connectivity index (χ3v) is 10.9. The van der Waals surface area contributed by atoms with Crippen LogP contribution in [0.1, 0.15) is 6.92 Å². The number of benzene rings is 7. The molecule has 9 rings (SSSR count). The van der Waals surface area contributed by atoms with Crippen molar-refractivity contribution in [3.8, 4) is 11.1 Å². The van der Waals surface area contributed by atoms with E-state index in [-0.39, 0.29) is 0 Å². The zero-order valence-corrected chi connectivity index (χ0v) is 30.1. The second kappa shape index (κ2) is 13.8. The summed E-state index contributed by atoms with van der Waals surface area (Å²) in [5.41, 5.74) is 10.3. The lowest BCUT2D eigenvalue weighted by atomic mass is 10.0. The maximum atomic E-state index is 6.58. The molecule has 2 heterocycles. The Morgan fingerprint density at radius 1 is 0.566 bits per heavy atom. The Bertz CT molecular complexity index is 2810. The van der Waals surface area contributed by atoms with Gasteiger partial charge < -0.3 is 14.2 Å². The monoisotopic (exact) mass is 700 g/mol. The average Bonchev–Trinajstić information content (AvgIpc) is 3.78. The van der Waals surface area contributed by atoms with Crippen LogP contribution in [-0.2, 0) is 0 Å². The van der Waals surface area contributed by atoms with Crippen LogP contribution in [-0.4, -0.2) is 0 Å². The summed E-state index contributed by atoms with van der Waals surface area (Å²) >= 11 is 1.84. The number of allylic oxidation sites excluding steroid dienone is 4. The molecule has 2 aromatic heterocycles. The van der Waals surface area contributed by atoms with Gasteiger partial charge >= 0.3 is 0 Å². The molecule has 0 saturated heterocycles. The van der Waals surface area contributed by atoms with Crippen LogP contribution in [0.4, 0.5) is 28.4 Å². The summed E-state index contributed by atoms with van der Waals surface area (Å²) in [5, 5.41) is 4.63. The van der Waals surface area contributed by atoms with Crippen molar-refractivity contribution in [2.75, 3.05) is 9.80 Å². The fourth-order valence-electron chi connectivity index (χ4n) is 7.36. The minimum Gasteiger partial charge on any atom is -0.456 e. The van der Waals surface area contributed by atoms with Crippen LogP contribution in [0.3, 0.4) is 0 Å². The number of furan rings is 1. The molecular formula is C49H36N2OS. The van der Waals surface area contributed by atoms with Gasteiger partial charge in [-0.3, -0.25) is 0 Å². The highest BCUT2D eigenvalue weighted by atomic mass is 32.1. The Labute approximate surface area is 313 Å². The van der Waals surface area contributed by atoms with Crippen molar-refractivity contribution in [2.24, 2.45) is 0 Å². The smallest absolute Gasteiger partial charge is 0.137 e. The molecule has 0 aliphatic rings. The van der Waals surface area contributed by atoms with E-state index in [4.69, 9.17) is 4.42 Å². The molecule has 0 N–H and O–H groups in total. The lowest BCUT2D eigenvalue weighted by Gasteiger charge is -2.27. The van der Waals surface area contributed by atoms with Gasteiger partial charge in [-0.05, 0) is 109 Å². The molecule has 4 heteroatoms. The van der Waals surface area contributed by atoms with Gasteiger partial charge in [-0.2, -0.15) is 0 Å². The first-order chi connectivity index (χ1) is 26.2. The van der Waals surface area contributed by atoms with Crippen LogP contribution in [0.5, 0.6) is 0 Å². The van der Waals surface area contributed by atoms with E-state index in [1.807, 2.05) is 36.5 Å². The first-order valence-electron chi connectivity index (χ1n) is 17.8. The van der Waals surface area contributed by atoms with Crippen LogP contribution in [0.25, 0.3) is 53.2 Å². The molecule has 0 fully saturated rings. The van der Waals surface area contributed by atoms with Gasteiger partial charge in [0.2, 0.25) is 0 Å². The van der Waals surface area contributed by atoms with Gasteiger partial charge in [0.1, 0.15) is 11.2 Å². The van der Waals surface area contributed by atoms with Crippen molar-refractivity contribution in [3.63, 3.8) is 0 Å². The highest BCUT2D eigenvalue weighted by Crippen LogP contribution is 2.45. The molecule has 0 atom stereocenters. The van der Waals surface area contributed by atoms with Gasteiger partial charge in [-0.1, -0.05) is 104 Å². The van der Waals surface area contributed by atoms with Crippen LogP contribution in [0, 0.1) is 0 Å². The number of para-hydroxylation sites is 1. The third-order valence-electron chi connectivity index (χ3n) is 9.71. The Kier molecular flexibility index (Phi) is 8.43. The fraction of sp³-hybridized carbons (Fsp3) is 0.0204. The lowest BCUT2D eigenvalue weighted by molar-refractivity contribution is 0.669. The molecule has 254 valence electrons. The summed E-state index contributed by atoms with van der Waals surface area (Å²) in [4.78, 5) is 4.64. The molecule has 0 aliphatic heterocycles. The molecule has 7 aromatic carbocycles. The van der Waals surface area contributed by atoms with E-state index >= 15 is 0 Å². The zero-order chi connectivity index (χ0) is 35.7. The van der Waals surface area contributed by atoms with Crippen molar-refractivity contribution < 1.29 is 4.42 Å². The molecule has 3 nitrogen and oxygen atoms in total. The molecule has 53 heavy (non-hydrogen) atoms. The fourth-order valence-corrected chi connectivity index (χ4v) is 8.44. The van der Waals surface area contributed by atoms with Gasteiger partial charge in [-0.25, -0.2) is 0 Å². The Morgan fingerprint density at radius 2 is 1.23 bits per heavy atom. The molecular weight excluding hydrogens is 665 g/mol. The largest absolute Gasteiger partial charge is 0.456 e. The van der Waals surface area contributed by atoms with Gasteiger partial charge in [-0.15, -0.1) is 11.3 Å². The number of nitrogens with zero attached hydrogens (tertiary/aromatic N) is 2. The standard InChI is InChI=1S/C49H36N2OS/c1-3-14-36(15-4-2)51(37-18-9-6-10-19-37)44-21-13-22-46-49(44)43-33-39(28-30-45(43)52-46)50(38-26-24-35(25-27-38)34-16-7-5-8-17-34)40-29-31-48-42(32-40)41-20-11-12-23-47(41)53-48/h3-33H,1H2,2H3/b15-4-,36-14+. The van der Waals surface area contributed by atoms with Crippen LogP contribution < -0.4 is 9.80 Å². The van der Waals surface area contributed by atoms with Crippen LogP contribution >= 0.6 is 11.3 Å². The number of hydrogen-bond acceptors (Lipinski definition) is 4. The molecule has 0 radical (unpaired) electrons. The summed E-state index contributed by atoms with van der Waals surface area (Å²) in [6, 6.07) is 58.3. The molecule has 0 spiro atoms. The van der Waals surface area contributed by atoms with E-state index in [1.165, 1.54) is 31.3 Å². The normalized spacial score (nSPS) is 12.0. The third kappa shape index (κ3) is 5.89. The number of fused-ring (bicyclic) bond motifs is 6. The summed E-state index contributed by atoms with van der Waals surface area (Å²) in [7, 11) is 0. The first kappa shape index (κ1) is 32.3. The number of hydrogen-bond donors (Lipinski definition) is 0. The van der Waals surface area contributed by atoms with Gasteiger partial charge in [0.15, 0.2) is 0 Å². The van der Waals surface area contributed by atoms with Gasteiger partial charge in [0.25, 0.3) is 0 Å². The minimum absolute atomic E-state index is 0.832. The quantitative estimate of drug-likeness (QED) is 0.140. The second-order valence-electron chi connectivity index (χ2n) is 13.0. The first-order valence-corrected chi connectivity index (χ1v) is 18.6. The topological polar surface area (TPSA) is 19.6 Å². The summed E-state index contributed by atoms with van der Waals surface area (Å²) < 4.78 is 9.16.